The molecule has 5 heteroatoms. The standard InChI is InChI=1S/C23H28ClNO3.C2H6/c1-23(2,3)28-22(27)25(4)16-10-9-15-21(26)19-13-6-5-11-17(19)18-12-7-8-14-20(18)24;1-2/h5-8,11-14H,9-10,15-16H2,1-4H3;1-2H3. The largest absolute Gasteiger partial charge is 0.444 e. The Morgan fingerprint density at radius 2 is 1.50 bits per heavy atom. The van der Waals surface area contributed by atoms with Gasteiger partial charge in [0.05, 0.1) is 0 Å². The lowest BCUT2D eigenvalue weighted by Gasteiger charge is -2.24. The van der Waals surface area contributed by atoms with Gasteiger partial charge in [-0.15, -0.1) is 0 Å². The highest BCUT2D eigenvalue weighted by Gasteiger charge is 2.19. The molecular formula is C25H34ClNO3. The van der Waals surface area contributed by atoms with Crippen LogP contribution in [-0.4, -0.2) is 36.0 Å². The van der Waals surface area contributed by atoms with Crippen LogP contribution in [0.3, 0.4) is 0 Å². The molecular weight excluding hydrogens is 398 g/mol. The molecule has 0 N–H and O–H groups in total. The van der Waals surface area contributed by atoms with Gasteiger partial charge in [0.25, 0.3) is 0 Å². The van der Waals surface area contributed by atoms with E-state index in [1.54, 1.807) is 11.9 Å². The van der Waals surface area contributed by atoms with E-state index in [0.29, 0.717) is 30.0 Å². The molecule has 0 spiro atoms. The summed E-state index contributed by atoms with van der Waals surface area (Å²) in [5.41, 5.74) is 1.88. The van der Waals surface area contributed by atoms with Gasteiger partial charge in [0.1, 0.15) is 5.60 Å². The minimum absolute atomic E-state index is 0.0791. The summed E-state index contributed by atoms with van der Waals surface area (Å²) in [6, 6.07) is 15.1. The highest BCUT2D eigenvalue weighted by Crippen LogP contribution is 2.31. The molecule has 2 aromatic carbocycles. The van der Waals surface area contributed by atoms with Crippen LogP contribution in [0.4, 0.5) is 4.79 Å². The first-order valence-corrected chi connectivity index (χ1v) is 10.9. The fourth-order valence-electron chi connectivity index (χ4n) is 2.84. The van der Waals surface area contributed by atoms with Crippen molar-refractivity contribution in [2.45, 2.75) is 59.5 Å². The monoisotopic (exact) mass is 431 g/mol. The van der Waals surface area contributed by atoms with Gasteiger partial charge in [-0.05, 0) is 45.2 Å². The molecule has 0 aromatic heterocycles. The summed E-state index contributed by atoms with van der Waals surface area (Å²) in [6.45, 7) is 10.1. The number of amides is 1. The molecule has 0 bridgehead atoms. The molecule has 0 aliphatic carbocycles. The maximum absolute atomic E-state index is 12.8. The molecule has 0 saturated carbocycles. The molecule has 30 heavy (non-hydrogen) atoms. The number of benzene rings is 2. The van der Waals surface area contributed by atoms with Crippen LogP contribution in [-0.2, 0) is 4.74 Å². The van der Waals surface area contributed by atoms with Gasteiger partial charge in [0, 0.05) is 36.2 Å². The minimum Gasteiger partial charge on any atom is -0.444 e. The number of nitrogens with zero attached hydrogens (tertiary/aromatic N) is 1. The van der Waals surface area contributed by atoms with Gasteiger partial charge in [-0.1, -0.05) is 67.9 Å². The number of halogens is 1. The van der Waals surface area contributed by atoms with Gasteiger partial charge in [-0.3, -0.25) is 4.79 Å². The van der Waals surface area contributed by atoms with E-state index < -0.39 is 5.60 Å². The van der Waals surface area contributed by atoms with Gasteiger partial charge in [0.15, 0.2) is 5.78 Å². The van der Waals surface area contributed by atoms with Crippen LogP contribution in [0.15, 0.2) is 48.5 Å². The number of Topliss-reactive ketones (excluding diaryl/α,β-unsaturated/α-hetero) is 1. The van der Waals surface area contributed by atoms with Gasteiger partial charge in [-0.2, -0.15) is 0 Å². The number of ether oxygens (including phenoxy) is 1. The van der Waals surface area contributed by atoms with Gasteiger partial charge >= 0.3 is 6.09 Å². The third-order valence-corrected chi connectivity index (χ3v) is 4.57. The highest BCUT2D eigenvalue weighted by molar-refractivity contribution is 6.33. The zero-order valence-electron chi connectivity index (χ0n) is 19.0. The molecule has 0 radical (unpaired) electrons. The van der Waals surface area contributed by atoms with Crippen molar-refractivity contribution < 1.29 is 14.3 Å². The molecule has 2 aromatic rings. The normalized spacial score (nSPS) is 10.6. The zero-order valence-corrected chi connectivity index (χ0v) is 19.8. The lowest BCUT2D eigenvalue weighted by Crippen LogP contribution is -2.34. The molecule has 2 rings (SSSR count). The predicted molar refractivity (Wildman–Crippen MR) is 125 cm³/mol. The second-order valence-electron chi connectivity index (χ2n) is 7.81. The van der Waals surface area contributed by atoms with Crippen LogP contribution in [0.25, 0.3) is 11.1 Å². The fraction of sp³-hybridized carbons (Fsp3) is 0.440. The molecule has 1 amide bonds. The van der Waals surface area contributed by atoms with Crippen molar-refractivity contribution >= 4 is 23.5 Å². The van der Waals surface area contributed by atoms with E-state index in [9.17, 15) is 9.59 Å². The molecule has 4 nitrogen and oxygen atoms in total. The lowest BCUT2D eigenvalue weighted by atomic mass is 9.95. The highest BCUT2D eigenvalue weighted by atomic mass is 35.5. The second kappa shape index (κ2) is 12.4. The quantitative estimate of drug-likeness (QED) is 0.342. The Hall–Kier alpha value is -2.33. The molecule has 0 aliphatic heterocycles. The summed E-state index contributed by atoms with van der Waals surface area (Å²) in [5.74, 6) is 0.0791. The number of rotatable bonds is 7. The molecule has 0 heterocycles. The molecule has 0 saturated heterocycles. The van der Waals surface area contributed by atoms with E-state index in [1.165, 1.54) is 0 Å². The first kappa shape index (κ1) is 25.7. The Balaban J connectivity index is 0.00000218. The van der Waals surface area contributed by atoms with Crippen molar-refractivity contribution in [3.63, 3.8) is 0 Å². The smallest absolute Gasteiger partial charge is 0.410 e. The Labute approximate surface area is 186 Å². The number of ketones is 1. The second-order valence-corrected chi connectivity index (χ2v) is 8.21. The van der Waals surface area contributed by atoms with E-state index in [0.717, 1.165) is 17.5 Å². The summed E-state index contributed by atoms with van der Waals surface area (Å²) < 4.78 is 5.33. The molecule has 164 valence electrons. The molecule has 0 atom stereocenters. The first-order chi connectivity index (χ1) is 14.2. The van der Waals surface area contributed by atoms with Crippen LogP contribution in [0, 0.1) is 0 Å². The van der Waals surface area contributed by atoms with Gasteiger partial charge in [0.2, 0.25) is 0 Å². The fourth-order valence-corrected chi connectivity index (χ4v) is 3.08. The van der Waals surface area contributed by atoms with E-state index in [1.807, 2.05) is 83.1 Å². The van der Waals surface area contributed by atoms with Gasteiger partial charge < -0.3 is 9.64 Å². The maximum Gasteiger partial charge on any atom is 0.410 e. The van der Waals surface area contributed by atoms with Crippen LogP contribution >= 0.6 is 11.6 Å². The molecule has 0 fully saturated rings. The predicted octanol–water partition coefficient (Wildman–Crippen LogP) is 7.25. The van der Waals surface area contributed by atoms with Crippen molar-refractivity contribution in [1.29, 1.82) is 0 Å². The van der Waals surface area contributed by atoms with Crippen LogP contribution in [0.2, 0.25) is 5.02 Å². The third kappa shape index (κ3) is 8.19. The van der Waals surface area contributed by atoms with Gasteiger partial charge in [-0.25, -0.2) is 4.79 Å². The van der Waals surface area contributed by atoms with E-state index >= 15 is 0 Å². The number of carbonyl (C=O) groups is 2. The Morgan fingerprint density at radius 3 is 2.10 bits per heavy atom. The maximum atomic E-state index is 12.8. The number of unbranched alkanes of at least 4 members (excludes halogenated alkanes) is 1. The Kier molecular flexibility index (Phi) is 10.6. The van der Waals surface area contributed by atoms with Crippen molar-refractivity contribution in [3.8, 4) is 11.1 Å². The van der Waals surface area contributed by atoms with Crippen LogP contribution in [0.5, 0.6) is 0 Å². The van der Waals surface area contributed by atoms with Crippen molar-refractivity contribution in [1.82, 2.24) is 4.90 Å². The molecule has 0 aliphatic rings. The summed E-state index contributed by atoms with van der Waals surface area (Å²) >= 11 is 6.31. The average Bonchev–Trinajstić information content (AvgIpc) is 2.71. The number of hydrogen-bond donors (Lipinski definition) is 0. The third-order valence-electron chi connectivity index (χ3n) is 4.24. The van der Waals surface area contributed by atoms with Crippen LogP contribution in [0.1, 0.15) is 64.2 Å². The Bertz CT molecular complexity index is 827. The topological polar surface area (TPSA) is 46.6 Å². The summed E-state index contributed by atoms with van der Waals surface area (Å²) in [7, 11) is 1.71. The lowest BCUT2D eigenvalue weighted by molar-refractivity contribution is 0.0296. The zero-order chi connectivity index (χ0) is 22.7. The van der Waals surface area contributed by atoms with Crippen molar-refractivity contribution in [2.75, 3.05) is 13.6 Å². The van der Waals surface area contributed by atoms with E-state index in [-0.39, 0.29) is 11.9 Å². The van der Waals surface area contributed by atoms with Crippen molar-refractivity contribution in [3.05, 3.63) is 59.1 Å². The first-order valence-electron chi connectivity index (χ1n) is 10.5. The average molecular weight is 432 g/mol. The summed E-state index contributed by atoms with van der Waals surface area (Å²) in [6.07, 6.45) is 1.50. The minimum atomic E-state index is -0.510. The summed E-state index contributed by atoms with van der Waals surface area (Å²) in [4.78, 5) is 26.3. The SMILES string of the molecule is CC.CN(CCCCC(=O)c1ccccc1-c1ccccc1Cl)C(=O)OC(C)(C)C. The van der Waals surface area contributed by atoms with Crippen LogP contribution < -0.4 is 0 Å². The van der Waals surface area contributed by atoms with E-state index in [4.69, 9.17) is 16.3 Å². The van der Waals surface area contributed by atoms with E-state index in [2.05, 4.69) is 0 Å². The Morgan fingerprint density at radius 1 is 0.933 bits per heavy atom. The summed E-state index contributed by atoms with van der Waals surface area (Å²) in [5, 5.41) is 0.627. The number of carbonyl (C=O) groups excluding carboxylic acids is 2. The number of hydrogen-bond acceptors (Lipinski definition) is 3. The molecule has 0 unspecified atom stereocenters. The van der Waals surface area contributed by atoms with Crippen molar-refractivity contribution in [2.24, 2.45) is 0 Å².